The zero-order valence-corrected chi connectivity index (χ0v) is 15.5. The molecule has 0 amide bonds. The molecule has 0 aromatic rings. The summed E-state index contributed by atoms with van der Waals surface area (Å²) in [5.74, 6) is 0. The molecule has 0 radical (unpaired) electrons. The van der Waals surface area contributed by atoms with Crippen molar-refractivity contribution in [2.24, 2.45) is 0 Å². The minimum atomic E-state index is -0.781. The molecule has 0 fully saturated rings. The maximum Gasteiger partial charge on any atom is 0.119 e. The predicted molar refractivity (Wildman–Crippen MR) is 92.8 cm³/mol. The zero-order chi connectivity index (χ0) is 13.0. The maximum atomic E-state index is 2.71. The van der Waals surface area contributed by atoms with Crippen LogP contribution in [0.25, 0.3) is 0 Å². The smallest absolute Gasteiger partial charge is 0.119 e. The highest BCUT2D eigenvalue weighted by atomic mass is 127. The standard InChI is InChI=1S/C15H33ISi/c1-4-5-6-7-8-9-10-11-12-13-14-15-17(2,3)16/h4-15H2,1-3H3. The summed E-state index contributed by atoms with van der Waals surface area (Å²) in [7, 11) is 0. The summed E-state index contributed by atoms with van der Waals surface area (Å²) in [4.78, 5) is 0. The van der Waals surface area contributed by atoms with Gasteiger partial charge in [-0.05, 0) is 6.04 Å². The Balaban J connectivity index is 2.99. The van der Waals surface area contributed by atoms with Gasteiger partial charge in [-0.25, -0.2) is 0 Å². The normalized spacial score (nSPS) is 12.0. The molecule has 0 aromatic carbocycles. The third-order valence-electron chi connectivity index (χ3n) is 3.37. The summed E-state index contributed by atoms with van der Waals surface area (Å²) in [6.45, 7) is 7.24. The fraction of sp³-hybridized carbons (Fsp3) is 1.00. The predicted octanol–water partition coefficient (Wildman–Crippen LogP) is 6.94. The summed E-state index contributed by atoms with van der Waals surface area (Å²) >= 11 is 2.71. The molecule has 0 spiro atoms. The molecule has 0 aliphatic rings. The summed E-state index contributed by atoms with van der Waals surface area (Å²) in [5, 5.41) is 0. The van der Waals surface area contributed by atoms with Gasteiger partial charge in [0, 0.05) is 0 Å². The minimum absolute atomic E-state index is 0.781. The van der Waals surface area contributed by atoms with E-state index in [2.05, 4.69) is 41.8 Å². The highest BCUT2D eigenvalue weighted by molar-refractivity contribution is 14.1. The van der Waals surface area contributed by atoms with Crippen LogP contribution in [-0.4, -0.2) is 5.57 Å². The molecule has 0 heterocycles. The molecule has 0 aliphatic heterocycles. The van der Waals surface area contributed by atoms with Crippen LogP contribution in [0, 0.1) is 0 Å². The number of hydrogen-bond acceptors (Lipinski definition) is 0. The van der Waals surface area contributed by atoms with Crippen molar-refractivity contribution in [1.82, 2.24) is 0 Å². The Morgan fingerprint density at radius 1 is 0.647 bits per heavy atom. The van der Waals surface area contributed by atoms with E-state index in [0.29, 0.717) is 0 Å². The maximum absolute atomic E-state index is 2.71. The van der Waals surface area contributed by atoms with E-state index in [4.69, 9.17) is 0 Å². The second-order valence-electron chi connectivity index (χ2n) is 6.00. The Morgan fingerprint density at radius 2 is 1.00 bits per heavy atom. The van der Waals surface area contributed by atoms with Gasteiger partial charge in [-0.1, -0.05) is 90.6 Å². The Kier molecular flexibility index (Phi) is 12.7. The van der Waals surface area contributed by atoms with Crippen molar-refractivity contribution in [2.75, 3.05) is 0 Å². The molecule has 0 saturated carbocycles. The molecule has 0 aromatic heterocycles. The van der Waals surface area contributed by atoms with Gasteiger partial charge < -0.3 is 0 Å². The molecular formula is C15H33ISi. The Hall–Kier alpha value is 0.947. The van der Waals surface area contributed by atoms with Crippen LogP contribution in [0.3, 0.4) is 0 Å². The van der Waals surface area contributed by atoms with Gasteiger partial charge in [-0.3, -0.25) is 0 Å². The van der Waals surface area contributed by atoms with Crippen LogP contribution in [0.15, 0.2) is 0 Å². The van der Waals surface area contributed by atoms with Gasteiger partial charge in [0.25, 0.3) is 0 Å². The van der Waals surface area contributed by atoms with Crippen LogP contribution in [-0.2, 0) is 0 Å². The monoisotopic (exact) mass is 368 g/mol. The quantitative estimate of drug-likeness (QED) is 0.151. The molecule has 0 unspecified atom stereocenters. The van der Waals surface area contributed by atoms with Gasteiger partial charge in [0.15, 0.2) is 0 Å². The second-order valence-corrected chi connectivity index (χ2v) is 18.7. The molecule has 17 heavy (non-hydrogen) atoms. The van der Waals surface area contributed by atoms with Gasteiger partial charge in [0.2, 0.25) is 0 Å². The largest absolute Gasteiger partial charge is 0.119 e. The molecule has 0 rings (SSSR count). The molecule has 0 atom stereocenters. The fourth-order valence-electron chi connectivity index (χ4n) is 2.21. The van der Waals surface area contributed by atoms with Crippen molar-refractivity contribution < 1.29 is 0 Å². The average molecular weight is 368 g/mol. The molecule has 2 heteroatoms. The first-order valence-electron chi connectivity index (χ1n) is 7.75. The van der Waals surface area contributed by atoms with E-state index in [1.807, 2.05) is 0 Å². The summed E-state index contributed by atoms with van der Waals surface area (Å²) in [6.07, 6.45) is 16.1. The third kappa shape index (κ3) is 16.9. The van der Waals surface area contributed by atoms with E-state index in [-0.39, 0.29) is 0 Å². The van der Waals surface area contributed by atoms with Gasteiger partial charge in [-0.2, -0.15) is 0 Å². The average Bonchev–Trinajstić information content (AvgIpc) is 2.24. The van der Waals surface area contributed by atoms with E-state index >= 15 is 0 Å². The molecule has 0 N–H and O–H groups in total. The lowest BCUT2D eigenvalue weighted by Gasteiger charge is -2.12. The lowest BCUT2D eigenvalue weighted by atomic mass is 10.1. The van der Waals surface area contributed by atoms with Crippen LogP contribution < -0.4 is 0 Å². The van der Waals surface area contributed by atoms with Crippen molar-refractivity contribution in [3.05, 3.63) is 0 Å². The summed E-state index contributed by atoms with van der Waals surface area (Å²) < 4.78 is 0. The topological polar surface area (TPSA) is 0 Å². The van der Waals surface area contributed by atoms with E-state index in [0.717, 1.165) is 0 Å². The Morgan fingerprint density at radius 3 is 1.35 bits per heavy atom. The van der Waals surface area contributed by atoms with E-state index in [1.54, 1.807) is 0 Å². The Labute approximate surface area is 124 Å². The minimum Gasteiger partial charge on any atom is -0.119 e. The lowest BCUT2D eigenvalue weighted by Crippen LogP contribution is -2.13. The van der Waals surface area contributed by atoms with Crippen molar-refractivity contribution in [2.45, 2.75) is 96.7 Å². The second kappa shape index (κ2) is 12.0. The summed E-state index contributed by atoms with van der Waals surface area (Å²) in [6, 6.07) is 1.52. The molecule has 0 nitrogen and oxygen atoms in total. The van der Waals surface area contributed by atoms with Crippen molar-refractivity contribution in [3.8, 4) is 0 Å². The highest BCUT2D eigenvalue weighted by Crippen LogP contribution is 2.21. The van der Waals surface area contributed by atoms with Crippen LogP contribution in [0.1, 0.15) is 77.6 Å². The summed E-state index contributed by atoms with van der Waals surface area (Å²) in [5.41, 5.74) is -0.781. The van der Waals surface area contributed by atoms with Gasteiger partial charge in [-0.15, -0.1) is 21.8 Å². The highest BCUT2D eigenvalue weighted by Gasteiger charge is 2.14. The van der Waals surface area contributed by atoms with Gasteiger partial charge >= 0.3 is 0 Å². The third-order valence-corrected chi connectivity index (χ3v) is 6.54. The number of rotatable bonds is 12. The fourth-order valence-corrected chi connectivity index (χ4v) is 4.44. The van der Waals surface area contributed by atoms with Crippen LogP contribution in [0.5, 0.6) is 0 Å². The van der Waals surface area contributed by atoms with Crippen LogP contribution >= 0.6 is 21.8 Å². The first kappa shape index (κ1) is 17.9. The molecular weight excluding hydrogens is 335 g/mol. The lowest BCUT2D eigenvalue weighted by molar-refractivity contribution is 0.554. The number of hydrogen-bond donors (Lipinski definition) is 0. The molecule has 0 saturated heterocycles. The Bertz CT molecular complexity index is 151. The van der Waals surface area contributed by atoms with Crippen molar-refractivity contribution in [3.63, 3.8) is 0 Å². The van der Waals surface area contributed by atoms with Crippen molar-refractivity contribution in [1.29, 1.82) is 0 Å². The van der Waals surface area contributed by atoms with Crippen molar-refractivity contribution >= 4 is 27.4 Å². The van der Waals surface area contributed by atoms with Gasteiger partial charge in [0.1, 0.15) is 5.57 Å². The molecule has 0 bridgehead atoms. The van der Waals surface area contributed by atoms with Crippen LogP contribution in [0.2, 0.25) is 19.1 Å². The molecule has 104 valence electrons. The number of unbranched alkanes of at least 4 members (excludes halogenated alkanes) is 10. The van der Waals surface area contributed by atoms with E-state index in [9.17, 15) is 0 Å². The van der Waals surface area contributed by atoms with Crippen LogP contribution in [0.4, 0.5) is 0 Å². The van der Waals surface area contributed by atoms with E-state index < -0.39 is 5.57 Å². The molecule has 0 aliphatic carbocycles. The van der Waals surface area contributed by atoms with Gasteiger partial charge in [0.05, 0.1) is 0 Å². The first-order chi connectivity index (χ1) is 8.06. The first-order valence-corrected chi connectivity index (χ1v) is 14.1. The SMILES string of the molecule is CCCCCCCCCCCCC[Si](C)(C)I. The van der Waals surface area contributed by atoms with E-state index in [1.165, 1.54) is 76.7 Å². The number of halogens is 1. The zero-order valence-electron chi connectivity index (χ0n) is 12.4.